The topological polar surface area (TPSA) is 158 Å². The molecule has 2 bridgehead atoms. The van der Waals surface area contributed by atoms with E-state index in [0.29, 0.717) is 53.2 Å². The van der Waals surface area contributed by atoms with Crippen molar-refractivity contribution in [2.75, 3.05) is 36.8 Å². The first-order chi connectivity index (χ1) is 26.8. The Balaban J connectivity index is 0.938. The number of anilines is 2. The summed E-state index contributed by atoms with van der Waals surface area (Å²) >= 11 is 7.02. The number of carboxylic acids is 1. The van der Waals surface area contributed by atoms with Crippen LogP contribution in [0.25, 0.3) is 11.1 Å². The number of carbonyl (C=O) groups excluding carboxylic acids is 2. The second-order valence-corrected chi connectivity index (χ2v) is 17.1. The Morgan fingerprint density at radius 2 is 1.39 bits per heavy atom. The van der Waals surface area contributed by atoms with E-state index in [9.17, 15) is 24.6 Å². The van der Waals surface area contributed by atoms with Gasteiger partial charge in [-0.3, -0.25) is 24.2 Å². The highest BCUT2D eigenvalue weighted by Crippen LogP contribution is 2.63. The molecule has 4 heterocycles. The number of nitrogens with one attached hydrogen (secondary N) is 2. The third-order valence-corrected chi connectivity index (χ3v) is 13.5. The highest BCUT2D eigenvalue weighted by atomic mass is 35.5. The zero-order valence-electron chi connectivity index (χ0n) is 32.6. The van der Waals surface area contributed by atoms with Gasteiger partial charge in [0.25, 0.3) is 11.8 Å². The number of β-amino-alcohol motifs (C(OH)–C–C–N with tert-alkyl or cyclic N) is 1. The van der Waals surface area contributed by atoms with Gasteiger partial charge in [-0.15, -0.1) is 0 Å². The Kier molecular flexibility index (Phi) is 10.1. The summed E-state index contributed by atoms with van der Waals surface area (Å²) in [5.41, 5.74) is 6.89. The Bertz CT molecular complexity index is 2220. The molecule has 56 heavy (non-hydrogen) atoms. The molecule has 2 amide bonds. The minimum absolute atomic E-state index is 0.138. The van der Waals surface area contributed by atoms with Gasteiger partial charge in [-0.1, -0.05) is 35.9 Å². The third-order valence-electron chi connectivity index (χ3n) is 13.1. The highest BCUT2D eigenvalue weighted by Gasteiger charge is 2.57. The van der Waals surface area contributed by atoms with Crippen molar-refractivity contribution in [1.82, 2.24) is 28.9 Å². The van der Waals surface area contributed by atoms with E-state index >= 15 is 0 Å². The lowest BCUT2D eigenvalue weighted by atomic mass is 9.80. The molecule has 2 aliphatic carbocycles. The van der Waals surface area contributed by atoms with Gasteiger partial charge in [0.2, 0.25) is 0 Å². The van der Waals surface area contributed by atoms with Crippen molar-refractivity contribution in [3.05, 3.63) is 81.4 Å². The summed E-state index contributed by atoms with van der Waals surface area (Å²) in [7, 11) is 3.75. The van der Waals surface area contributed by atoms with E-state index in [-0.39, 0.29) is 17.2 Å². The zero-order chi connectivity index (χ0) is 39.5. The van der Waals surface area contributed by atoms with Crippen LogP contribution in [0.5, 0.6) is 0 Å². The second kappa shape index (κ2) is 14.7. The maximum atomic E-state index is 13.8. The molecule has 8 rings (SSSR count). The van der Waals surface area contributed by atoms with Crippen LogP contribution in [0.1, 0.15) is 95.0 Å². The van der Waals surface area contributed by atoms with Crippen LogP contribution < -0.4 is 10.6 Å². The summed E-state index contributed by atoms with van der Waals surface area (Å²) in [4.78, 5) is 53.4. The molecule has 4 aromatic rings. The van der Waals surface area contributed by atoms with Gasteiger partial charge < -0.3 is 30.0 Å². The molecule has 13 nitrogen and oxygen atoms in total. The van der Waals surface area contributed by atoms with Crippen molar-refractivity contribution in [2.24, 2.45) is 24.9 Å². The van der Waals surface area contributed by atoms with Crippen LogP contribution in [-0.4, -0.2) is 89.2 Å². The van der Waals surface area contributed by atoms with E-state index in [2.05, 4.69) is 20.4 Å². The van der Waals surface area contributed by atoms with Crippen molar-refractivity contribution >= 4 is 40.8 Å². The molecule has 2 saturated carbocycles. The lowest BCUT2D eigenvalue weighted by molar-refractivity contribution is -0.148. The molecular formula is C42H51ClN8O5. The number of imidazole rings is 2. The molecule has 0 radical (unpaired) electrons. The number of rotatable bonds is 11. The van der Waals surface area contributed by atoms with E-state index in [1.807, 2.05) is 60.5 Å². The number of nitrogens with zero attached hydrogens (tertiary/aromatic N) is 6. The molecule has 1 atom stereocenters. The molecule has 2 fully saturated rings. The van der Waals surface area contributed by atoms with Gasteiger partial charge in [-0.05, 0) is 87.6 Å². The highest BCUT2D eigenvalue weighted by molar-refractivity contribution is 6.36. The predicted octanol–water partition coefficient (Wildman–Crippen LogP) is 5.81. The normalized spacial score (nSPS) is 22.5. The molecule has 4 aliphatic rings. The van der Waals surface area contributed by atoms with E-state index in [1.54, 1.807) is 13.0 Å². The van der Waals surface area contributed by atoms with E-state index in [4.69, 9.17) is 21.6 Å². The van der Waals surface area contributed by atoms with Crippen LogP contribution in [0.4, 0.5) is 11.4 Å². The molecule has 0 unspecified atom stereocenters. The molecule has 2 aromatic carbocycles. The van der Waals surface area contributed by atoms with Gasteiger partial charge >= 0.3 is 5.97 Å². The smallest absolute Gasteiger partial charge is 0.309 e. The van der Waals surface area contributed by atoms with Crippen LogP contribution in [0.3, 0.4) is 0 Å². The maximum absolute atomic E-state index is 13.8. The standard InChI is InChI=1S/C42H51ClN8O5/c1-25(52)21-51-19-12-34-32(23-51)45-36(49(34)4)38(53)46-29-9-5-7-27(26(29)2)28-8-6-10-30(35(28)43)47-39(54)37-44-31-22-50(18-11-33(31)48(37)3)20-17-41-13-15-42(24-41,16-14-41)40(55)56/h5-10,25,52H,11-24H2,1-4H3,(H,46,53)(H,47,54)(H,55,56)/t25-,41?,42?/m1/s1. The SMILES string of the molecule is Cc1c(NC(=O)c2nc3c(n2C)CCN(C[C@@H](C)O)C3)cccc1-c1cccc(NC(=O)c2nc3c(n2C)CCN(CCC24CCC(C(=O)O)(CC2)C4)C3)c1Cl. The van der Waals surface area contributed by atoms with Gasteiger partial charge in [0, 0.05) is 82.3 Å². The van der Waals surface area contributed by atoms with Crippen molar-refractivity contribution in [1.29, 1.82) is 0 Å². The first-order valence-corrected chi connectivity index (χ1v) is 20.1. The van der Waals surface area contributed by atoms with E-state index in [0.717, 1.165) is 105 Å². The molecule has 296 valence electrons. The van der Waals surface area contributed by atoms with Crippen molar-refractivity contribution in [3.63, 3.8) is 0 Å². The Morgan fingerprint density at radius 1 is 0.839 bits per heavy atom. The quantitative estimate of drug-likeness (QED) is 0.147. The number of aliphatic carboxylic acids is 1. The van der Waals surface area contributed by atoms with Gasteiger partial charge in [-0.25, -0.2) is 9.97 Å². The monoisotopic (exact) mass is 782 g/mol. The summed E-state index contributed by atoms with van der Waals surface area (Å²) in [5, 5.41) is 26.1. The van der Waals surface area contributed by atoms with Gasteiger partial charge in [0.15, 0.2) is 11.6 Å². The Labute approximate surface area is 332 Å². The lowest BCUT2D eigenvalue weighted by Gasteiger charge is -2.32. The molecular weight excluding hydrogens is 732 g/mol. The van der Waals surface area contributed by atoms with Crippen molar-refractivity contribution in [2.45, 2.75) is 84.4 Å². The molecule has 0 saturated heterocycles. The number of aromatic nitrogens is 4. The summed E-state index contributed by atoms with van der Waals surface area (Å²) in [6.07, 6.45) is 6.48. The number of benzene rings is 2. The van der Waals surface area contributed by atoms with Gasteiger partial charge in [0.1, 0.15) is 0 Å². The number of amides is 2. The van der Waals surface area contributed by atoms with Crippen LogP contribution in [0, 0.1) is 17.8 Å². The average Bonchev–Trinajstić information content (AvgIpc) is 3.92. The fourth-order valence-electron chi connectivity index (χ4n) is 9.90. The number of hydrogen-bond donors (Lipinski definition) is 4. The number of carboxylic acid groups (broad SMARTS) is 1. The second-order valence-electron chi connectivity index (χ2n) is 16.7. The first kappa shape index (κ1) is 38.3. The van der Waals surface area contributed by atoms with Crippen LogP contribution in [0.15, 0.2) is 36.4 Å². The lowest BCUT2D eigenvalue weighted by Crippen LogP contribution is -2.36. The summed E-state index contributed by atoms with van der Waals surface area (Å²) < 4.78 is 3.74. The maximum Gasteiger partial charge on any atom is 0.309 e. The molecule has 4 N–H and O–H groups in total. The van der Waals surface area contributed by atoms with Crippen LogP contribution >= 0.6 is 11.6 Å². The summed E-state index contributed by atoms with van der Waals surface area (Å²) in [6, 6.07) is 11.2. The minimum atomic E-state index is -0.625. The van der Waals surface area contributed by atoms with E-state index in [1.165, 1.54) is 0 Å². The number of carbonyl (C=O) groups is 3. The molecule has 2 aromatic heterocycles. The minimum Gasteiger partial charge on any atom is -0.481 e. The first-order valence-electron chi connectivity index (χ1n) is 19.7. The number of fused-ring (bicyclic) bond motifs is 4. The molecule has 2 aliphatic heterocycles. The fraction of sp³-hybridized carbons (Fsp3) is 0.500. The summed E-state index contributed by atoms with van der Waals surface area (Å²) in [6.45, 7) is 8.06. The average molecular weight is 783 g/mol. The largest absolute Gasteiger partial charge is 0.481 e. The van der Waals surface area contributed by atoms with Crippen LogP contribution in [-0.2, 0) is 44.8 Å². The predicted molar refractivity (Wildman–Crippen MR) is 214 cm³/mol. The van der Waals surface area contributed by atoms with Gasteiger partial charge in [0.05, 0.1) is 33.6 Å². The summed E-state index contributed by atoms with van der Waals surface area (Å²) in [5.74, 6) is -0.637. The third kappa shape index (κ3) is 6.92. The number of aliphatic hydroxyl groups is 1. The Hall–Kier alpha value is -4.56. The number of aliphatic hydroxyl groups excluding tert-OH is 1. The van der Waals surface area contributed by atoms with Crippen molar-refractivity contribution < 1.29 is 24.6 Å². The number of hydrogen-bond acceptors (Lipinski definition) is 8. The molecule has 14 heteroatoms. The van der Waals surface area contributed by atoms with Gasteiger partial charge in [-0.2, -0.15) is 0 Å². The molecule has 0 spiro atoms. The van der Waals surface area contributed by atoms with Crippen LogP contribution in [0.2, 0.25) is 5.02 Å². The number of halogens is 1. The zero-order valence-corrected chi connectivity index (χ0v) is 33.4. The van der Waals surface area contributed by atoms with Crippen molar-refractivity contribution in [3.8, 4) is 11.1 Å². The Morgan fingerprint density at radius 3 is 1.98 bits per heavy atom. The van der Waals surface area contributed by atoms with E-state index < -0.39 is 17.5 Å². The fourth-order valence-corrected chi connectivity index (χ4v) is 10.2.